The van der Waals surface area contributed by atoms with Gasteiger partial charge in [0.05, 0.1) is 5.60 Å². The zero-order valence-electron chi connectivity index (χ0n) is 13.1. The molecule has 0 spiro atoms. The van der Waals surface area contributed by atoms with Gasteiger partial charge in [-0.1, -0.05) is 18.9 Å². The Balaban J connectivity index is 1.43. The molecule has 1 aliphatic carbocycles. The van der Waals surface area contributed by atoms with Crippen LogP contribution in [0, 0.1) is 5.92 Å². The topological polar surface area (TPSA) is 41.9 Å². The van der Waals surface area contributed by atoms with Crippen molar-refractivity contribution in [2.24, 2.45) is 5.92 Å². The Morgan fingerprint density at radius 2 is 2.00 bits per heavy atom. The number of benzene rings is 1. The lowest BCUT2D eigenvalue weighted by molar-refractivity contribution is -0.0968. The highest BCUT2D eigenvalue weighted by molar-refractivity contribution is 5.43. The van der Waals surface area contributed by atoms with Crippen molar-refractivity contribution in [3.63, 3.8) is 0 Å². The minimum Gasteiger partial charge on any atom is -0.486 e. The van der Waals surface area contributed by atoms with E-state index in [0.717, 1.165) is 44.0 Å². The van der Waals surface area contributed by atoms with Crippen molar-refractivity contribution in [2.45, 2.75) is 44.2 Å². The Morgan fingerprint density at radius 1 is 1.14 bits per heavy atom. The average molecular weight is 303 g/mol. The Kier molecular flexibility index (Phi) is 3.74. The fourth-order valence-corrected chi connectivity index (χ4v) is 4.23. The molecule has 0 aromatic heterocycles. The van der Waals surface area contributed by atoms with Crippen molar-refractivity contribution >= 4 is 0 Å². The number of rotatable bonds is 2. The van der Waals surface area contributed by atoms with Crippen molar-refractivity contribution in [2.75, 3.05) is 26.3 Å². The summed E-state index contributed by atoms with van der Waals surface area (Å²) in [6, 6.07) is 6.26. The highest BCUT2D eigenvalue weighted by Crippen LogP contribution is 2.40. The third kappa shape index (κ3) is 2.70. The van der Waals surface area contributed by atoms with Gasteiger partial charge in [0.1, 0.15) is 13.2 Å². The molecule has 2 fully saturated rings. The second-order valence-electron chi connectivity index (χ2n) is 7.01. The second kappa shape index (κ2) is 5.74. The summed E-state index contributed by atoms with van der Waals surface area (Å²) in [7, 11) is 0. The van der Waals surface area contributed by atoms with E-state index < -0.39 is 0 Å². The zero-order valence-corrected chi connectivity index (χ0v) is 13.1. The number of piperidine rings is 1. The first-order valence-corrected chi connectivity index (χ1v) is 8.56. The van der Waals surface area contributed by atoms with Crippen LogP contribution in [0.5, 0.6) is 11.5 Å². The second-order valence-corrected chi connectivity index (χ2v) is 7.01. The van der Waals surface area contributed by atoms with E-state index in [4.69, 9.17) is 9.47 Å². The SMILES string of the molecule is OC12CCCCC1CN(Cc1ccc3c(c1)OCCO3)CC2. The number of fused-ring (bicyclic) bond motifs is 2. The molecule has 2 atom stereocenters. The number of hydrogen-bond acceptors (Lipinski definition) is 4. The summed E-state index contributed by atoms with van der Waals surface area (Å²) in [5.74, 6) is 2.18. The Bertz CT molecular complexity index is 547. The van der Waals surface area contributed by atoms with Crippen LogP contribution in [0.3, 0.4) is 0 Å². The van der Waals surface area contributed by atoms with Crippen LogP contribution in [0.25, 0.3) is 0 Å². The van der Waals surface area contributed by atoms with Gasteiger partial charge in [0.15, 0.2) is 11.5 Å². The zero-order chi connectivity index (χ0) is 15.0. The number of aliphatic hydroxyl groups is 1. The molecule has 2 aliphatic heterocycles. The van der Waals surface area contributed by atoms with Crippen LogP contribution in [0.15, 0.2) is 18.2 Å². The molecule has 22 heavy (non-hydrogen) atoms. The van der Waals surface area contributed by atoms with Crippen LogP contribution in [0.1, 0.15) is 37.7 Å². The van der Waals surface area contributed by atoms with E-state index in [-0.39, 0.29) is 5.60 Å². The van der Waals surface area contributed by atoms with Crippen molar-refractivity contribution in [1.29, 1.82) is 0 Å². The van der Waals surface area contributed by atoms with Gasteiger partial charge in [0.25, 0.3) is 0 Å². The smallest absolute Gasteiger partial charge is 0.161 e. The highest BCUT2D eigenvalue weighted by Gasteiger charge is 2.42. The first-order valence-electron chi connectivity index (χ1n) is 8.56. The van der Waals surface area contributed by atoms with Crippen LogP contribution < -0.4 is 9.47 Å². The number of nitrogens with zero attached hydrogens (tertiary/aromatic N) is 1. The maximum Gasteiger partial charge on any atom is 0.161 e. The predicted octanol–water partition coefficient (Wildman–Crippen LogP) is 2.58. The van der Waals surface area contributed by atoms with Gasteiger partial charge in [0.2, 0.25) is 0 Å². The number of hydrogen-bond donors (Lipinski definition) is 1. The fourth-order valence-electron chi connectivity index (χ4n) is 4.23. The highest BCUT2D eigenvalue weighted by atomic mass is 16.6. The molecule has 4 heteroatoms. The van der Waals surface area contributed by atoms with Gasteiger partial charge in [-0.3, -0.25) is 4.90 Å². The molecule has 2 unspecified atom stereocenters. The minimum absolute atomic E-state index is 0.387. The van der Waals surface area contributed by atoms with Crippen LogP contribution in [-0.4, -0.2) is 41.9 Å². The molecular weight excluding hydrogens is 278 g/mol. The molecule has 1 aromatic carbocycles. The van der Waals surface area contributed by atoms with Crippen LogP contribution in [-0.2, 0) is 6.54 Å². The third-order valence-corrected chi connectivity index (χ3v) is 5.52. The van der Waals surface area contributed by atoms with E-state index >= 15 is 0 Å². The molecule has 1 saturated carbocycles. The van der Waals surface area contributed by atoms with Gasteiger partial charge in [0, 0.05) is 25.6 Å². The van der Waals surface area contributed by atoms with Gasteiger partial charge in [-0.15, -0.1) is 0 Å². The van der Waals surface area contributed by atoms with E-state index in [1.54, 1.807) is 0 Å². The Hall–Kier alpha value is -1.26. The van der Waals surface area contributed by atoms with Crippen LogP contribution >= 0.6 is 0 Å². The molecule has 4 rings (SSSR count). The molecule has 0 radical (unpaired) electrons. The van der Waals surface area contributed by atoms with E-state index in [1.165, 1.54) is 24.8 Å². The maximum atomic E-state index is 10.8. The summed E-state index contributed by atoms with van der Waals surface area (Å²) in [6.07, 6.45) is 5.55. The summed E-state index contributed by atoms with van der Waals surface area (Å²) in [5.41, 5.74) is 0.882. The van der Waals surface area contributed by atoms with Crippen molar-refractivity contribution in [1.82, 2.24) is 4.90 Å². The third-order valence-electron chi connectivity index (χ3n) is 5.52. The van der Waals surface area contributed by atoms with Gasteiger partial charge in [-0.05, 0) is 37.0 Å². The molecule has 1 saturated heterocycles. The molecule has 1 N–H and O–H groups in total. The van der Waals surface area contributed by atoms with Crippen molar-refractivity contribution < 1.29 is 14.6 Å². The first-order chi connectivity index (χ1) is 10.7. The maximum absolute atomic E-state index is 10.8. The molecule has 1 aromatic rings. The number of ether oxygens (including phenoxy) is 2. The standard InChI is InChI=1S/C18H25NO3/c20-18-6-2-1-3-15(18)13-19(8-7-18)12-14-4-5-16-17(11-14)22-10-9-21-16/h4-5,11,15,20H,1-3,6-10,12-13H2. The fraction of sp³-hybridized carbons (Fsp3) is 0.667. The predicted molar refractivity (Wildman–Crippen MR) is 84.2 cm³/mol. The number of likely N-dealkylation sites (tertiary alicyclic amines) is 1. The minimum atomic E-state index is -0.387. The molecule has 3 aliphatic rings. The van der Waals surface area contributed by atoms with Crippen LogP contribution in [0.2, 0.25) is 0 Å². The summed E-state index contributed by atoms with van der Waals surface area (Å²) in [4.78, 5) is 2.48. The lowest BCUT2D eigenvalue weighted by Crippen LogP contribution is -2.52. The molecule has 0 amide bonds. The van der Waals surface area contributed by atoms with E-state index in [2.05, 4.69) is 17.0 Å². The molecule has 120 valence electrons. The van der Waals surface area contributed by atoms with E-state index in [0.29, 0.717) is 19.1 Å². The van der Waals surface area contributed by atoms with Gasteiger partial charge < -0.3 is 14.6 Å². The summed E-state index contributed by atoms with van der Waals surface area (Å²) in [6.45, 7) is 4.21. The van der Waals surface area contributed by atoms with Crippen molar-refractivity contribution in [3.8, 4) is 11.5 Å². The Labute approximate surface area is 132 Å². The van der Waals surface area contributed by atoms with E-state index in [9.17, 15) is 5.11 Å². The first kappa shape index (κ1) is 14.3. The monoisotopic (exact) mass is 303 g/mol. The Morgan fingerprint density at radius 3 is 2.91 bits per heavy atom. The van der Waals surface area contributed by atoms with Crippen LogP contribution in [0.4, 0.5) is 0 Å². The molecule has 4 nitrogen and oxygen atoms in total. The summed E-state index contributed by atoms with van der Waals surface area (Å²) in [5, 5.41) is 10.8. The quantitative estimate of drug-likeness (QED) is 0.912. The molecular formula is C18H25NO3. The summed E-state index contributed by atoms with van der Waals surface area (Å²) < 4.78 is 11.3. The van der Waals surface area contributed by atoms with E-state index in [1.807, 2.05) is 6.07 Å². The lowest BCUT2D eigenvalue weighted by atomic mass is 9.71. The van der Waals surface area contributed by atoms with Gasteiger partial charge >= 0.3 is 0 Å². The molecule has 0 bridgehead atoms. The average Bonchev–Trinajstić information content (AvgIpc) is 2.55. The largest absolute Gasteiger partial charge is 0.486 e. The lowest BCUT2D eigenvalue weighted by Gasteiger charge is -2.47. The van der Waals surface area contributed by atoms with Gasteiger partial charge in [-0.2, -0.15) is 0 Å². The normalized spacial score (nSPS) is 31.6. The summed E-state index contributed by atoms with van der Waals surface area (Å²) >= 11 is 0. The van der Waals surface area contributed by atoms with Gasteiger partial charge in [-0.25, -0.2) is 0 Å². The van der Waals surface area contributed by atoms with Crippen molar-refractivity contribution in [3.05, 3.63) is 23.8 Å². The molecule has 2 heterocycles.